The molecule has 0 aliphatic heterocycles. The van der Waals surface area contributed by atoms with Crippen LogP contribution in [0.15, 0.2) is 36.7 Å². The zero-order chi connectivity index (χ0) is 19.7. The van der Waals surface area contributed by atoms with Crippen molar-refractivity contribution in [2.75, 3.05) is 28.4 Å². The van der Waals surface area contributed by atoms with E-state index in [9.17, 15) is 0 Å². The zero-order valence-corrected chi connectivity index (χ0v) is 16.3. The number of fused-ring (bicyclic) bond motifs is 2. The first-order valence-corrected chi connectivity index (χ1v) is 8.83. The minimum Gasteiger partial charge on any atom is -0.493 e. The summed E-state index contributed by atoms with van der Waals surface area (Å²) in [5.74, 6) is 2.72. The minimum absolute atomic E-state index is 0.668. The number of aryl methyl sites for hydroxylation is 2. The number of ether oxygens (including phenoxy) is 4. The van der Waals surface area contributed by atoms with Crippen LogP contribution < -0.4 is 18.9 Å². The molecule has 4 aromatic rings. The first-order chi connectivity index (χ1) is 13.6. The lowest BCUT2D eigenvalue weighted by molar-refractivity contribution is 0.356. The van der Waals surface area contributed by atoms with Gasteiger partial charge in [-0.2, -0.15) is 10.2 Å². The van der Waals surface area contributed by atoms with Crippen molar-refractivity contribution in [3.05, 3.63) is 36.7 Å². The van der Waals surface area contributed by atoms with E-state index in [2.05, 4.69) is 10.2 Å². The summed E-state index contributed by atoms with van der Waals surface area (Å²) in [4.78, 5) is 0. The molecule has 0 saturated carbocycles. The Morgan fingerprint density at radius 3 is 1.32 bits per heavy atom. The molecule has 0 aliphatic carbocycles. The summed E-state index contributed by atoms with van der Waals surface area (Å²) >= 11 is 0. The molecule has 0 N–H and O–H groups in total. The third kappa shape index (κ3) is 3.17. The van der Waals surface area contributed by atoms with Crippen LogP contribution in [0, 0.1) is 0 Å². The van der Waals surface area contributed by atoms with Gasteiger partial charge in [0.15, 0.2) is 23.0 Å². The number of aromatic nitrogens is 4. The van der Waals surface area contributed by atoms with Crippen molar-refractivity contribution in [1.82, 2.24) is 19.6 Å². The lowest BCUT2D eigenvalue weighted by atomic mass is 10.2. The van der Waals surface area contributed by atoms with Gasteiger partial charge in [-0.05, 0) is 12.1 Å². The summed E-state index contributed by atoms with van der Waals surface area (Å²) < 4.78 is 25.2. The molecule has 2 heterocycles. The molecule has 0 amide bonds. The van der Waals surface area contributed by atoms with Crippen molar-refractivity contribution in [3.8, 4) is 23.0 Å². The van der Waals surface area contributed by atoms with Gasteiger partial charge in [0, 0.05) is 35.3 Å². The lowest BCUT2D eigenvalue weighted by Gasteiger charge is -2.06. The fourth-order valence-corrected chi connectivity index (χ4v) is 3.24. The molecule has 2 aromatic heterocycles. The van der Waals surface area contributed by atoms with Crippen LogP contribution in [0.3, 0.4) is 0 Å². The monoisotopic (exact) mass is 382 g/mol. The third-order valence-electron chi connectivity index (χ3n) is 4.67. The Labute approximate surface area is 162 Å². The van der Waals surface area contributed by atoms with Crippen molar-refractivity contribution in [1.29, 1.82) is 0 Å². The van der Waals surface area contributed by atoms with Crippen LogP contribution in [0.2, 0.25) is 0 Å². The summed E-state index contributed by atoms with van der Waals surface area (Å²) in [7, 11) is 6.49. The van der Waals surface area contributed by atoms with Gasteiger partial charge in [0.25, 0.3) is 0 Å². The van der Waals surface area contributed by atoms with Gasteiger partial charge in [-0.25, -0.2) is 0 Å². The highest BCUT2D eigenvalue weighted by molar-refractivity contribution is 5.83. The maximum absolute atomic E-state index is 5.36. The Hall–Kier alpha value is -3.42. The molecule has 0 bridgehead atoms. The van der Waals surface area contributed by atoms with Crippen LogP contribution in [-0.4, -0.2) is 48.0 Å². The molecule has 0 aliphatic rings. The highest BCUT2D eigenvalue weighted by atomic mass is 16.5. The van der Waals surface area contributed by atoms with Crippen molar-refractivity contribution in [2.45, 2.75) is 13.1 Å². The number of hydrogen-bond acceptors (Lipinski definition) is 6. The van der Waals surface area contributed by atoms with Crippen LogP contribution in [0.25, 0.3) is 21.8 Å². The summed E-state index contributed by atoms with van der Waals surface area (Å²) in [6.45, 7) is 1.36. The molecular formula is C20H22N4O4. The SMILES string of the molecule is COc1cc2cn(CCn3cc4cc(OC)c(OC)cc4n3)nc2cc1OC. The van der Waals surface area contributed by atoms with Gasteiger partial charge >= 0.3 is 0 Å². The topological polar surface area (TPSA) is 72.6 Å². The second-order valence-electron chi connectivity index (χ2n) is 6.32. The number of benzene rings is 2. The highest BCUT2D eigenvalue weighted by Gasteiger charge is 2.11. The van der Waals surface area contributed by atoms with Crippen LogP contribution >= 0.6 is 0 Å². The molecule has 0 radical (unpaired) electrons. The molecule has 0 atom stereocenters. The number of hydrogen-bond donors (Lipinski definition) is 0. The highest BCUT2D eigenvalue weighted by Crippen LogP contribution is 2.32. The summed E-state index contributed by atoms with van der Waals surface area (Å²) in [5.41, 5.74) is 1.72. The second-order valence-corrected chi connectivity index (χ2v) is 6.32. The number of methoxy groups -OCH3 is 4. The van der Waals surface area contributed by atoms with Gasteiger partial charge in [0.1, 0.15) is 0 Å². The Balaban J connectivity index is 1.57. The average Bonchev–Trinajstić information content (AvgIpc) is 3.31. The molecule has 146 valence electrons. The molecule has 0 unspecified atom stereocenters. The lowest BCUT2D eigenvalue weighted by Crippen LogP contribution is -2.08. The van der Waals surface area contributed by atoms with Crippen LogP contribution in [-0.2, 0) is 13.1 Å². The molecule has 4 rings (SSSR count). The molecule has 8 heteroatoms. The molecule has 2 aromatic carbocycles. The zero-order valence-electron chi connectivity index (χ0n) is 16.3. The minimum atomic E-state index is 0.668. The van der Waals surface area contributed by atoms with E-state index in [0.717, 1.165) is 21.8 Å². The maximum Gasteiger partial charge on any atom is 0.162 e. The fourth-order valence-electron chi connectivity index (χ4n) is 3.24. The van der Waals surface area contributed by atoms with Crippen LogP contribution in [0.5, 0.6) is 23.0 Å². The van der Waals surface area contributed by atoms with Gasteiger partial charge in [-0.1, -0.05) is 0 Å². The Kier molecular flexibility index (Phi) is 4.68. The maximum atomic E-state index is 5.36. The van der Waals surface area contributed by atoms with Crippen molar-refractivity contribution >= 4 is 21.8 Å². The molecule has 0 spiro atoms. The Morgan fingerprint density at radius 2 is 0.964 bits per heavy atom. The van der Waals surface area contributed by atoms with E-state index in [1.807, 2.05) is 46.0 Å². The van der Waals surface area contributed by atoms with Crippen molar-refractivity contribution in [3.63, 3.8) is 0 Å². The molecular weight excluding hydrogens is 360 g/mol. The summed E-state index contributed by atoms with van der Waals surface area (Å²) in [6.07, 6.45) is 3.99. The van der Waals surface area contributed by atoms with Crippen LogP contribution in [0.4, 0.5) is 0 Å². The van der Waals surface area contributed by atoms with Crippen molar-refractivity contribution in [2.24, 2.45) is 0 Å². The fraction of sp³-hybridized carbons (Fsp3) is 0.300. The number of rotatable bonds is 7. The Bertz CT molecular complexity index is 960. The predicted molar refractivity (Wildman–Crippen MR) is 106 cm³/mol. The van der Waals surface area contributed by atoms with E-state index < -0.39 is 0 Å². The molecule has 0 fully saturated rings. The van der Waals surface area contributed by atoms with Gasteiger partial charge in [-0.15, -0.1) is 0 Å². The van der Waals surface area contributed by atoms with E-state index >= 15 is 0 Å². The third-order valence-corrected chi connectivity index (χ3v) is 4.67. The van der Waals surface area contributed by atoms with Gasteiger partial charge < -0.3 is 18.9 Å². The normalized spacial score (nSPS) is 11.1. The quantitative estimate of drug-likeness (QED) is 0.489. The van der Waals surface area contributed by atoms with E-state index in [-0.39, 0.29) is 0 Å². The average molecular weight is 382 g/mol. The standard InChI is InChI=1S/C20H22N4O4/c1-25-17-7-13-11-23(21-15(13)9-19(17)27-3)5-6-24-12-14-8-18(26-2)20(28-4)10-16(14)22-24/h7-12H,5-6H2,1-4H3. The largest absolute Gasteiger partial charge is 0.493 e. The predicted octanol–water partition coefficient (Wildman–Crippen LogP) is 3.12. The number of nitrogens with zero attached hydrogens (tertiary/aromatic N) is 4. The summed E-state index contributed by atoms with van der Waals surface area (Å²) in [5, 5.41) is 11.2. The van der Waals surface area contributed by atoms with Crippen molar-refractivity contribution < 1.29 is 18.9 Å². The smallest absolute Gasteiger partial charge is 0.162 e. The first-order valence-electron chi connectivity index (χ1n) is 8.83. The van der Waals surface area contributed by atoms with E-state index in [1.54, 1.807) is 28.4 Å². The van der Waals surface area contributed by atoms with E-state index in [0.29, 0.717) is 36.1 Å². The second kappa shape index (κ2) is 7.30. The molecule has 8 nitrogen and oxygen atoms in total. The first kappa shape index (κ1) is 18.0. The van der Waals surface area contributed by atoms with Gasteiger partial charge in [0.05, 0.1) is 52.6 Å². The Morgan fingerprint density at radius 1 is 0.607 bits per heavy atom. The van der Waals surface area contributed by atoms with Gasteiger partial charge in [0.2, 0.25) is 0 Å². The van der Waals surface area contributed by atoms with Gasteiger partial charge in [-0.3, -0.25) is 9.36 Å². The van der Waals surface area contributed by atoms with Crippen LogP contribution in [0.1, 0.15) is 0 Å². The van der Waals surface area contributed by atoms with E-state index in [1.165, 1.54) is 0 Å². The summed E-state index contributed by atoms with van der Waals surface area (Å²) in [6, 6.07) is 7.62. The van der Waals surface area contributed by atoms with E-state index in [4.69, 9.17) is 18.9 Å². The molecule has 0 saturated heterocycles. The molecule has 28 heavy (non-hydrogen) atoms.